The molecule has 1 aliphatic rings. The molecule has 112 valence electrons. The van der Waals surface area contributed by atoms with E-state index in [-0.39, 0.29) is 10.6 Å². The SMILES string of the molecule is COc1c(S(=O)(=O)N2CCCCC2)cc(C)c(C)c1N. The number of hydrogen-bond donors (Lipinski definition) is 1. The third-order valence-corrected chi connectivity index (χ3v) is 5.85. The van der Waals surface area contributed by atoms with Crippen LogP contribution >= 0.6 is 0 Å². The summed E-state index contributed by atoms with van der Waals surface area (Å²) in [5.74, 6) is 0.263. The van der Waals surface area contributed by atoms with Crippen LogP contribution in [0.2, 0.25) is 0 Å². The monoisotopic (exact) mass is 298 g/mol. The van der Waals surface area contributed by atoms with E-state index in [0.717, 1.165) is 30.4 Å². The first-order valence-corrected chi connectivity index (χ1v) is 8.27. The number of sulfonamides is 1. The number of nitrogens with two attached hydrogens (primary N) is 1. The second-order valence-corrected chi connectivity index (χ2v) is 7.13. The van der Waals surface area contributed by atoms with Crippen LogP contribution in [0.3, 0.4) is 0 Å². The molecule has 0 aromatic heterocycles. The number of ether oxygens (including phenoxy) is 1. The molecule has 1 heterocycles. The zero-order valence-corrected chi connectivity index (χ0v) is 13.1. The van der Waals surface area contributed by atoms with E-state index in [2.05, 4.69) is 0 Å². The van der Waals surface area contributed by atoms with Gasteiger partial charge in [0.2, 0.25) is 10.0 Å². The lowest BCUT2D eigenvalue weighted by Gasteiger charge is -2.27. The molecule has 0 amide bonds. The van der Waals surface area contributed by atoms with Crippen LogP contribution in [-0.4, -0.2) is 32.9 Å². The average molecular weight is 298 g/mol. The third kappa shape index (κ3) is 2.50. The Morgan fingerprint density at radius 1 is 1.20 bits per heavy atom. The van der Waals surface area contributed by atoms with Crippen molar-refractivity contribution in [2.75, 3.05) is 25.9 Å². The lowest BCUT2D eigenvalue weighted by atomic mass is 10.1. The molecule has 0 bridgehead atoms. The van der Waals surface area contributed by atoms with E-state index in [1.807, 2.05) is 13.8 Å². The maximum absolute atomic E-state index is 12.8. The maximum atomic E-state index is 12.8. The molecule has 1 aromatic carbocycles. The van der Waals surface area contributed by atoms with Crippen molar-refractivity contribution in [2.45, 2.75) is 38.0 Å². The van der Waals surface area contributed by atoms with Gasteiger partial charge in [0.15, 0.2) is 5.75 Å². The van der Waals surface area contributed by atoms with Crippen LogP contribution in [-0.2, 0) is 10.0 Å². The molecule has 20 heavy (non-hydrogen) atoms. The van der Waals surface area contributed by atoms with Gasteiger partial charge in [-0.05, 0) is 43.9 Å². The van der Waals surface area contributed by atoms with Gasteiger partial charge in [0.05, 0.1) is 12.8 Å². The van der Waals surface area contributed by atoms with Crippen molar-refractivity contribution in [1.82, 2.24) is 4.31 Å². The molecule has 0 saturated carbocycles. The molecule has 6 heteroatoms. The van der Waals surface area contributed by atoms with E-state index in [0.29, 0.717) is 18.8 Å². The highest BCUT2D eigenvalue weighted by molar-refractivity contribution is 7.89. The van der Waals surface area contributed by atoms with Crippen LogP contribution in [0.1, 0.15) is 30.4 Å². The van der Waals surface area contributed by atoms with Crippen LogP contribution < -0.4 is 10.5 Å². The summed E-state index contributed by atoms with van der Waals surface area (Å²) in [5.41, 5.74) is 8.14. The largest absolute Gasteiger partial charge is 0.493 e. The van der Waals surface area contributed by atoms with Gasteiger partial charge in [0.25, 0.3) is 0 Å². The Morgan fingerprint density at radius 3 is 2.35 bits per heavy atom. The van der Waals surface area contributed by atoms with Crippen LogP contribution in [0, 0.1) is 13.8 Å². The average Bonchev–Trinajstić information content (AvgIpc) is 2.45. The van der Waals surface area contributed by atoms with Gasteiger partial charge in [-0.15, -0.1) is 0 Å². The Hall–Kier alpha value is -1.27. The number of nitrogens with zero attached hydrogens (tertiary/aromatic N) is 1. The molecular formula is C14H22N2O3S. The number of hydrogen-bond acceptors (Lipinski definition) is 4. The van der Waals surface area contributed by atoms with Crippen molar-refractivity contribution in [3.63, 3.8) is 0 Å². The first-order chi connectivity index (χ1) is 9.39. The number of piperidine rings is 1. The van der Waals surface area contributed by atoms with E-state index >= 15 is 0 Å². The summed E-state index contributed by atoms with van der Waals surface area (Å²) in [6, 6.07) is 1.66. The van der Waals surface area contributed by atoms with Gasteiger partial charge in [0.1, 0.15) is 4.90 Å². The zero-order chi connectivity index (χ0) is 14.9. The summed E-state index contributed by atoms with van der Waals surface area (Å²) in [5, 5.41) is 0. The van der Waals surface area contributed by atoms with Crippen molar-refractivity contribution >= 4 is 15.7 Å². The number of anilines is 1. The maximum Gasteiger partial charge on any atom is 0.246 e. The van der Waals surface area contributed by atoms with Crippen molar-refractivity contribution in [3.8, 4) is 5.75 Å². The van der Waals surface area contributed by atoms with Crippen LogP contribution in [0.15, 0.2) is 11.0 Å². The van der Waals surface area contributed by atoms with Gasteiger partial charge in [0, 0.05) is 13.1 Å². The Balaban J connectivity index is 2.56. The van der Waals surface area contributed by atoms with Gasteiger partial charge in [-0.3, -0.25) is 0 Å². The summed E-state index contributed by atoms with van der Waals surface area (Å²) in [6.45, 7) is 4.86. The molecule has 5 nitrogen and oxygen atoms in total. The lowest BCUT2D eigenvalue weighted by Crippen LogP contribution is -2.36. The van der Waals surface area contributed by atoms with E-state index in [4.69, 9.17) is 10.5 Å². The summed E-state index contributed by atoms with van der Waals surface area (Å²) >= 11 is 0. The number of benzene rings is 1. The highest BCUT2D eigenvalue weighted by Gasteiger charge is 2.30. The molecule has 0 spiro atoms. The van der Waals surface area contributed by atoms with Crippen molar-refractivity contribution in [3.05, 3.63) is 17.2 Å². The third-order valence-electron chi connectivity index (χ3n) is 3.95. The van der Waals surface area contributed by atoms with Gasteiger partial charge < -0.3 is 10.5 Å². The number of rotatable bonds is 3. The molecule has 1 saturated heterocycles. The van der Waals surface area contributed by atoms with E-state index in [1.165, 1.54) is 11.4 Å². The molecule has 0 unspecified atom stereocenters. The summed E-state index contributed by atoms with van der Waals surface area (Å²) in [7, 11) is -2.08. The Bertz CT molecular complexity index is 605. The standard InChI is InChI=1S/C14H22N2O3S/c1-10-9-12(14(19-3)13(15)11(10)2)20(17,18)16-7-5-4-6-8-16/h9H,4-8,15H2,1-3H3. The van der Waals surface area contributed by atoms with Crippen molar-refractivity contribution in [2.24, 2.45) is 0 Å². The predicted molar refractivity (Wildman–Crippen MR) is 79.5 cm³/mol. The van der Waals surface area contributed by atoms with Gasteiger partial charge in [-0.2, -0.15) is 4.31 Å². The minimum atomic E-state index is -3.54. The second kappa shape index (κ2) is 5.61. The Kier molecular flexibility index (Phi) is 4.25. The van der Waals surface area contributed by atoms with Crippen LogP contribution in [0.25, 0.3) is 0 Å². The predicted octanol–water partition coefficient (Wildman–Crippen LogP) is 2.07. The fourth-order valence-electron chi connectivity index (χ4n) is 2.53. The normalized spacial score (nSPS) is 17.1. The molecule has 0 radical (unpaired) electrons. The second-order valence-electron chi connectivity index (χ2n) is 5.23. The highest BCUT2D eigenvalue weighted by atomic mass is 32.2. The van der Waals surface area contributed by atoms with Crippen molar-refractivity contribution < 1.29 is 13.2 Å². The topological polar surface area (TPSA) is 72.6 Å². The lowest BCUT2D eigenvalue weighted by molar-refractivity contribution is 0.343. The minimum absolute atomic E-state index is 0.183. The van der Waals surface area contributed by atoms with Gasteiger partial charge >= 0.3 is 0 Å². The van der Waals surface area contributed by atoms with E-state index in [1.54, 1.807) is 6.07 Å². The molecule has 1 aliphatic heterocycles. The number of methoxy groups -OCH3 is 1. The van der Waals surface area contributed by atoms with Crippen LogP contribution in [0.5, 0.6) is 5.75 Å². The Labute approximate surface area is 120 Å². The summed E-state index contributed by atoms with van der Waals surface area (Å²) < 4.78 is 32.3. The molecular weight excluding hydrogens is 276 g/mol. The number of aryl methyl sites for hydroxylation is 1. The molecule has 1 fully saturated rings. The minimum Gasteiger partial charge on any atom is -0.493 e. The zero-order valence-electron chi connectivity index (χ0n) is 12.3. The van der Waals surface area contributed by atoms with E-state index < -0.39 is 10.0 Å². The number of nitrogen functional groups attached to an aromatic ring is 1. The molecule has 0 aliphatic carbocycles. The quantitative estimate of drug-likeness (QED) is 0.867. The summed E-state index contributed by atoms with van der Waals surface area (Å²) in [6.07, 6.45) is 2.89. The fourth-order valence-corrected chi connectivity index (χ4v) is 4.30. The Morgan fingerprint density at radius 2 is 1.80 bits per heavy atom. The highest BCUT2D eigenvalue weighted by Crippen LogP contribution is 2.37. The fraction of sp³-hybridized carbons (Fsp3) is 0.571. The smallest absolute Gasteiger partial charge is 0.246 e. The van der Waals surface area contributed by atoms with Crippen LogP contribution in [0.4, 0.5) is 5.69 Å². The van der Waals surface area contributed by atoms with Gasteiger partial charge in [-0.25, -0.2) is 8.42 Å². The van der Waals surface area contributed by atoms with Crippen molar-refractivity contribution in [1.29, 1.82) is 0 Å². The summed E-state index contributed by atoms with van der Waals surface area (Å²) in [4.78, 5) is 0.183. The molecule has 0 atom stereocenters. The molecule has 2 rings (SSSR count). The first kappa shape index (κ1) is 15.1. The van der Waals surface area contributed by atoms with E-state index in [9.17, 15) is 8.42 Å². The molecule has 2 N–H and O–H groups in total. The first-order valence-electron chi connectivity index (χ1n) is 6.83. The van der Waals surface area contributed by atoms with Gasteiger partial charge in [-0.1, -0.05) is 6.42 Å². The molecule has 1 aromatic rings.